The normalized spacial score (nSPS) is 16.8. The van der Waals surface area contributed by atoms with E-state index < -0.39 is 0 Å². The molecule has 0 unspecified atom stereocenters. The molecule has 0 bridgehead atoms. The van der Waals surface area contributed by atoms with Crippen molar-refractivity contribution >= 4 is 11.0 Å². The predicted molar refractivity (Wildman–Crippen MR) is 117 cm³/mol. The molecule has 5 rings (SSSR count). The first-order valence-corrected chi connectivity index (χ1v) is 10.6. The molecule has 0 saturated carbocycles. The lowest BCUT2D eigenvalue weighted by molar-refractivity contribution is 0.121. The van der Waals surface area contributed by atoms with Crippen LogP contribution in [0.4, 0.5) is 0 Å². The molecular formula is C24H26N2O5. The van der Waals surface area contributed by atoms with E-state index in [9.17, 15) is 9.90 Å². The molecule has 7 heteroatoms. The number of hydrogen-bond acceptors (Lipinski definition) is 7. The fourth-order valence-corrected chi connectivity index (χ4v) is 4.57. The average molecular weight is 422 g/mol. The molecule has 3 heterocycles. The van der Waals surface area contributed by atoms with Crippen molar-refractivity contribution in [2.24, 2.45) is 0 Å². The summed E-state index contributed by atoms with van der Waals surface area (Å²) >= 11 is 0. The summed E-state index contributed by atoms with van der Waals surface area (Å²) in [5, 5.41) is 11.5. The molecule has 0 atom stereocenters. The topological polar surface area (TPSA) is 75.4 Å². The monoisotopic (exact) mass is 422 g/mol. The summed E-state index contributed by atoms with van der Waals surface area (Å²) in [7, 11) is 0. The van der Waals surface area contributed by atoms with Crippen LogP contribution in [0.1, 0.15) is 22.3 Å². The van der Waals surface area contributed by atoms with E-state index in [1.165, 1.54) is 11.6 Å². The number of aromatic hydroxyl groups is 1. The number of rotatable bonds is 4. The standard InChI is InChI=1S/C24H26N2O5/c1-15-9-19(27)18(24-23(15)16(2)10-22(28)31-24)13-26-7-5-25(6-8-26)12-17-3-4-20-21(11-17)30-14-29-20/h3-4,9-11,27H,5-8,12-14H2,1-2H3. The molecule has 1 aromatic heterocycles. The minimum absolute atomic E-state index is 0.182. The lowest BCUT2D eigenvalue weighted by atomic mass is 10.0. The fourth-order valence-electron chi connectivity index (χ4n) is 4.57. The first-order valence-electron chi connectivity index (χ1n) is 10.6. The number of piperazine rings is 1. The van der Waals surface area contributed by atoms with Gasteiger partial charge in [-0.05, 0) is 48.7 Å². The van der Waals surface area contributed by atoms with Crippen LogP contribution in [0.15, 0.2) is 39.5 Å². The summed E-state index contributed by atoms with van der Waals surface area (Å²) in [5.74, 6) is 1.80. The maximum absolute atomic E-state index is 12.0. The van der Waals surface area contributed by atoms with Crippen LogP contribution in [0, 0.1) is 13.8 Å². The van der Waals surface area contributed by atoms with Gasteiger partial charge in [0.15, 0.2) is 11.5 Å². The SMILES string of the molecule is Cc1cc(O)c(CN2CCN(Cc3ccc4c(c3)OCO4)CC2)c2oc(=O)cc(C)c12. The molecule has 2 aliphatic rings. The molecule has 0 aliphatic carbocycles. The second-order valence-corrected chi connectivity index (χ2v) is 8.38. The van der Waals surface area contributed by atoms with E-state index >= 15 is 0 Å². The largest absolute Gasteiger partial charge is 0.507 e. The molecule has 0 amide bonds. The second-order valence-electron chi connectivity index (χ2n) is 8.38. The van der Waals surface area contributed by atoms with Crippen molar-refractivity contribution in [3.8, 4) is 17.2 Å². The summed E-state index contributed by atoms with van der Waals surface area (Å²) in [4.78, 5) is 16.7. The fraction of sp³-hybridized carbons (Fsp3) is 0.375. The Morgan fingerprint density at radius 2 is 1.58 bits per heavy atom. The van der Waals surface area contributed by atoms with E-state index in [0.29, 0.717) is 17.7 Å². The van der Waals surface area contributed by atoms with Gasteiger partial charge in [0.25, 0.3) is 0 Å². The van der Waals surface area contributed by atoms with Crippen molar-refractivity contribution in [2.45, 2.75) is 26.9 Å². The lowest BCUT2D eigenvalue weighted by Gasteiger charge is -2.35. The molecular weight excluding hydrogens is 396 g/mol. The molecule has 1 N–H and O–H groups in total. The predicted octanol–water partition coefficient (Wildman–Crippen LogP) is 3.16. The van der Waals surface area contributed by atoms with Gasteiger partial charge in [-0.1, -0.05) is 6.07 Å². The van der Waals surface area contributed by atoms with Gasteiger partial charge in [0, 0.05) is 50.7 Å². The lowest BCUT2D eigenvalue weighted by Crippen LogP contribution is -2.45. The number of hydrogen-bond donors (Lipinski definition) is 1. The van der Waals surface area contributed by atoms with Gasteiger partial charge in [-0.3, -0.25) is 9.80 Å². The highest BCUT2D eigenvalue weighted by Crippen LogP contribution is 2.34. The first-order chi connectivity index (χ1) is 15.0. The molecule has 31 heavy (non-hydrogen) atoms. The summed E-state index contributed by atoms with van der Waals surface area (Å²) in [6.45, 7) is 9.10. The van der Waals surface area contributed by atoms with E-state index in [-0.39, 0.29) is 18.2 Å². The van der Waals surface area contributed by atoms with Gasteiger partial charge in [-0.25, -0.2) is 4.79 Å². The Kier molecular flexibility index (Phi) is 5.08. The van der Waals surface area contributed by atoms with Gasteiger partial charge in [-0.15, -0.1) is 0 Å². The van der Waals surface area contributed by atoms with Crippen LogP contribution >= 0.6 is 0 Å². The third kappa shape index (κ3) is 3.86. The number of nitrogens with zero attached hydrogens (tertiary/aromatic N) is 2. The summed E-state index contributed by atoms with van der Waals surface area (Å²) in [5.41, 5.74) is 3.79. The minimum atomic E-state index is -0.384. The Labute approximate surface area is 180 Å². The van der Waals surface area contributed by atoms with Gasteiger partial charge in [0.05, 0.1) is 5.56 Å². The van der Waals surface area contributed by atoms with Crippen LogP contribution in [0.5, 0.6) is 17.2 Å². The highest BCUT2D eigenvalue weighted by molar-refractivity contribution is 5.88. The van der Waals surface area contributed by atoms with Gasteiger partial charge in [-0.2, -0.15) is 0 Å². The van der Waals surface area contributed by atoms with Gasteiger partial charge < -0.3 is 19.0 Å². The van der Waals surface area contributed by atoms with E-state index in [1.54, 1.807) is 6.07 Å². The highest BCUT2D eigenvalue weighted by atomic mass is 16.7. The van der Waals surface area contributed by atoms with E-state index in [0.717, 1.165) is 60.7 Å². The Hall–Kier alpha value is -3.03. The van der Waals surface area contributed by atoms with E-state index in [2.05, 4.69) is 21.9 Å². The van der Waals surface area contributed by atoms with E-state index in [1.807, 2.05) is 19.9 Å². The van der Waals surface area contributed by atoms with Crippen LogP contribution in [0.3, 0.4) is 0 Å². The molecule has 0 radical (unpaired) electrons. The van der Waals surface area contributed by atoms with Crippen molar-refractivity contribution < 1.29 is 19.0 Å². The molecule has 7 nitrogen and oxygen atoms in total. The zero-order chi connectivity index (χ0) is 21.5. The smallest absolute Gasteiger partial charge is 0.336 e. The van der Waals surface area contributed by atoms with E-state index in [4.69, 9.17) is 13.9 Å². The van der Waals surface area contributed by atoms with Crippen LogP contribution < -0.4 is 15.1 Å². The molecule has 0 spiro atoms. The minimum Gasteiger partial charge on any atom is -0.507 e. The van der Waals surface area contributed by atoms with Crippen molar-refractivity contribution in [1.82, 2.24) is 9.80 Å². The van der Waals surface area contributed by atoms with Crippen LogP contribution in [-0.4, -0.2) is 47.9 Å². The zero-order valence-electron chi connectivity index (χ0n) is 17.8. The maximum Gasteiger partial charge on any atom is 0.336 e. The zero-order valence-corrected chi connectivity index (χ0v) is 17.8. The van der Waals surface area contributed by atoms with Crippen LogP contribution in [0.2, 0.25) is 0 Å². The Morgan fingerprint density at radius 3 is 2.35 bits per heavy atom. The average Bonchev–Trinajstić information content (AvgIpc) is 3.19. The number of phenols is 1. The summed E-state index contributed by atoms with van der Waals surface area (Å²) in [6, 6.07) is 9.37. The van der Waals surface area contributed by atoms with Gasteiger partial charge in [0.1, 0.15) is 11.3 Å². The molecule has 2 aromatic carbocycles. The third-order valence-corrected chi connectivity index (χ3v) is 6.18. The molecule has 1 saturated heterocycles. The number of phenolic OH excluding ortho intramolecular Hbond substituents is 1. The molecule has 162 valence electrons. The first kappa shape index (κ1) is 19.9. The maximum atomic E-state index is 12.0. The van der Waals surface area contributed by atoms with Crippen LogP contribution in [0.25, 0.3) is 11.0 Å². The summed E-state index contributed by atoms with van der Waals surface area (Å²) < 4.78 is 16.4. The summed E-state index contributed by atoms with van der Waals surface area (Å²) in [6.07, 6.45) is 0. The quantitative estimate of drug-likeness (QED) is 0.648. The second kappa shape index (κ2) is 7.90. The van der Waals surface area contributed by atoms with Crippen molar-refractivity contribution in [3.05, 3.63) is 63.0 Å². The van der Waals surface area contributed by atoms with Crippen molar-refractivity contribution in [3.63, 3.8) is 0 Å². The van der Waals surface area contributed by atoms with Gasteiger partial charge >= 0.3 is 5.63 Å². The molecule has 2 aliphatic heterocycles. The number of benzene rings is 2. The number of aryl methyl sites for hydroxylation is 2. The Bertz CT molecular complexity index is 1190. The number of ether oxygens (including phenoxy) is 2. The molecule has 1 fully saturated rings. The molecule has 3 aromatic rings. The Morgan fingerprint density at radius 1 is 0.903 bits per heavy atom. The van der Waals surface area contributed by atoms with Crippen molar-refractivity contribution in [2.75, 3.05) is 33.0 Å². The third-order valence-electron chi connectivity index (χ3n) is 6.18. The van der Waals surface area contributed by atoms with Gasteiger partial charge in [0.2, 0.25) is 6.79 Å². The Balaban J connectivity index is 1.29. The number of fused-ring (bicyclic) bond motifs is 2. The van der Waals surface area contributed by atoms with Crippen molar-refractivity contribution in [1.29, 1.82) is 0 Å². The highest BCUT2D eigenvalue weighted by Gasteiger charge is 2.22. The van der Waals surface area contributed by atoms with Crippen LogP contribution in [-0.2, 0) is 13.1 Å².